The standard InChI is InChI=1S/C11H4F5NO2/c12-7-5(1-6-4(2-18)3-19-17-6)8(13)10(15)11(16)9(7)14/h2-3H,1H2. The Bertz CT molecular complexity index is 624. The molecule has 0 atom stereocenters. The van der Waals surface area contributed by atoms with Crippen molar-refractivity contribution >= 4 is 6.29 Å². The second-order valence-corrected chi connectivity index (χ2v) is 3.56. The number of halogens is 5. The summed E-state index contributed by atoms with van der Waals surface area (Å²) < 4.78 is 69.8. The van der Waals surface area contributed by atoms with Gasteiger partial charge in [-0.3, -0.25) is 4.79 Å². The third kappa shape index (κ3) is 2.09. The lowest BCUT2D eigenvalue weighted by atomic mass is 10.1. The predicted octanol–water partition coefficient (Wildman–Crippen LogP) is 2.77. The lowest BCUT2D eigenvalue weighted by Crippen LogP contribution is -2.08. The molecule has 0 aliphatic heterocycles. The van der Waals surface area contributed by atoms with Crippen LogP contribution in [-0.2, 0) is 6.42 Å². The number of carbonyl (C=O) groups excluding carboxylic acids is 1. The number of aldehydes is 1. The van der Waals surface area contributed by atoms with E-state index in [1.807, 2.05) is 0 Å². The first-order valence-electron chi connectivity index (χ1n) is 4.86. The highest BCUT2D eigenvalue weighted by atomic mass is 19.2. The normalized spacial score (nSPS) is 10.8. The fourth-order valence-electron chi connectivity index (χ4n) is 1.47. The summed E-state index contributed by atoms with van der Waals surface area (Å²) in [4.78, 5) is 10.5. The molecule has 0 saturated heterocycles. The van der Waals surface area contributed by atoms with Crippen molar-refractivity contribution in [2.75, 3.05) is 0 Å². The van der Waals surface area contributed by atoms with Crippen molar-refractivity contribution in [1.82, 2.24) is 5.16 Å². The van der Waals surface area contributed by atoms with Crippen molar-refractivity contribution in [3.8, 4) is 0 Å². The van der Waals surface area contributed by atoms with Gasteiger partial charge in [0.25, 0.3) is 0 Å². The van der Waals surface area contributed by atoms with Gasteiger partial charge in [0.05, 0.1) is 11.3 Å². The predicted molar refractivity (Wildman–Crippen MR) is 50.9 cm³/mol. The summed E-state index contributed by atoms with van der Waals surface area (Å²) in [6.07, 6.45) is 0.433. The van der Waals surface area contributed by atoms with Gasteiger partial charge < -0.3 is 4.52 Å². The molecule has 19 heavy (non-hydrogen) atoms. The molecule has 1 aromatic heterocycles. The Hall–Kier alpha value is -2.25. The summed E-state index contributed by atoms with van der Waals surface area (Å²) in [6.45, 7) is 0. The summed E-state index contributed by atoms with van der Waals surface area (Å²) in [5.41, 5.74) is -1.43. The molecular formula is C11H4F5NO2. The van der Waals surface area contributed by atoms with Gasteiger partial charge in [0.15, 0.2) is 29.6 Å². The zero-order valence-corrected chi connectivity index (χ0v) is 9.02. The molecule has 0 N–H and O–H groups in total. The van der Waals surface area contributed by atoms with Crippen LogP contribution in [0.1, 0.15) is 21.6 Å². The van der Waals surface area contributed by atoms with Crippen molar-refractivity contribution in [3.05, 3.63) is 52.2 Å². The average molecular weight is 277 g/mol. The second kappa shape index (κ2) is 4.79. The topological polar surface area (TPSA) is 43.1 Å². The molecule has 2 rings (SSSR count). The maximum absolute atomic E-state index is 13.4. The average Bonchev–Trinajstić information content (AvgIpc) is 2.86. The smallest absolute Gasteiger partial charge is 0.200 e. The fourth-order valence-corrected chi connectivity index (χ4v) is 1.47. The van der Waals surface area contributed by atoms with E-state index in [1.165, 1.54) is 0 Å². The van der Waals surface area contributed by atoms with Crippen molar-refractivity contribution in [2.24, 2.45) is 0 Å². The van der Waals surface area contributed by atoms with E-state index < -0.39 is 41.1 Å². The van der Waals surface area contributed by atoms with E-state index in [0.29, 0.717) is 0 Å². The molecule has 2 aromatic rings. The SMILES string of the molecule is O=Cc1conc1Cc1c(F)c(F)c(F)c(F)c1F. The summed E-state index contributed by atoms with van der Waals surface area (Å²) >= 11 is 0. The fraction of sp³-hybridized carbons (Fsp3) is 0.0909. The van der Waals surface area contributed by atoms with Gasteiger partial charge >= 0.3 is 0 Å². The molecule has 1 heterocycles. The van der Waals surface area contributed by atoms with Gasteiger partial charge in [-0.2, -0.15) is 0 Å². The number of carbonyl (C=O) groups is 1. The molecule has 0 amide bonds. The molecule has 0 aliphatic rings. The van der Waals surface area contributed by atoms with Gasteiger partial charge in [0.2, 0.25) is 5.82 Å². The lowest BCUT2D eigenvalue weighted by Gasteiger charge is -2.06. The highest BCUT2D eigenvalue weighted by Crippen LogP contribution is 2.25. The van der Waals surface area contributed by atoms with Crippen LogP contribution in [0.25, 0.3) is 0 Å². The third-order valence-corrected chi connectivity index (χ3v) is 2.45. The van der Waals surface area contributed by atoms with E-state index in [2.05, 4.69) is 9.68 Å². The first-order chi connectivity index (χ1) is 8.97. The second-order valence-electron chi connectivity index (χ2n) is 3.56. The van der Waals surface area contributed by atoms with Crippen molar-refractivity contribution < 1.29 is 31.3 Å². The Morgan fingerprint density at radius 2 is 1.53 bits per heavy atom. The van der Waals surface area contributed by atoms with E-state index in [-0.39, 0.29) is 17.5 Å². The molecule has 3 nitrogen and oxygen atoms in total. The molecule has 0 bridgehead atoms. The Morgan fingerprint density at radius 3 is 2.05 bits per heavy atom. The molecule has 0 aliphatic carbocycles. The maximum Gasteiger partial charge on any atom is 0.200 e. The molecule has 1 aromatic carbocycles. The Kier molecular flexibility index (Phi) is 3.32. The van der Waals surface area contributed by atoms with Crippen LogP contribution in [0.3, 0.4) is 0 Å². The maximum atomic E-state index is 13.4. The van der Waals surface area contributed by atoms with Crippen molar-refractivity contribution in [3.63, 3.8) is 0 Å². The summed E-state index contributed by atoms with van der Waals surface area (Å²) in [6, 6.07) is 0. The van der Waals surface area contributed by atoms with Crippen LogP contribution < -0.4 is 0 Å². The summed E-state index contributed by atoms with van der Waals surface area (Å²) in [5.74, 6) is -10.3. The van der Waals surface area contributed by atoms with Gasteiger partial charge in [-0.1, -0.05) is 5.16 Å². The minimum atomic E-state index is -2.24. The summed E-state index contributed by atoms with van der Waals surface area (Å²) in [7, 11) is 0. The Labute approximate surface area is 102 Å². The molecule has 0 saturated carbocycles. The van der Waals surface area contributed by atoms with E-state index in [4.69, 9.17) is 0 Å². The lowest BCUT2D eigenvalue weighted by molar-refractivity contribution is 0.112. The monoisotopic (exact) mass is 277 g/mol. The first-order valence-corrected chi connectivity index (χ1v) is 4.86. The number of hydrogen-bond acceptors (Lipinski definition) is 3. The molecule has 8 heteroatoms. The molecule has 0 radical (unpaired) electrons. The molecular weight excluding hydrogens is 273 g/mol. The minimum Gasteiger partial charge on any atom is -0.364 e. The zero-order chi connectivity index (χ0) is 14.2. The number of benzene rings is 1. The van der Waals surface area contributed by atoms with Crippen LogP contribution in [0, 0.1) is 29.1 Å². The van der Waals surface area contributed by atoms with Crippen LogP contribution in [-0.4, -0.2) is 11.4 Å². The van der Waals surface area contributed by atoms with Crippen LogP contribution in [0.15, 0.2) is 10.8 Å². The van der Waals surface area contributed by atoms with Crippen LogP contribution in [0.2, 0.25) is 0 Å². The zero-order valence-electron chi connectivity index (χ0n) is 9.02. The molecule has 0 unspecified atom stereocenters. The van der Waals surface area contributed by atoms with Crippen molar-refractivity contribution in [1.29, 1.82) is 0 Å². The molecule has 0 fully saturated rings. The van der Waals surface area contributed by atoms with Crippen LogP contribution in [0.5, 0.6) is 0 Å². The van der Waals surface area contributed by atoms with E-state index in [0.717, 1.165) is 6.26 Å². The first kappa shape index (κ1) is 13.2. The highest BCUT2D eigenvalue weighted by Gasteiger charge is 2.26. The number of nitrogens with zero attached hydrogens (tertiary/aromatic N) is 1. The van der Waals surface area contributed by atoms with Crippen molar-refractivity contribution in [2.45, 2.75) is 6.42 Å². The van der Waals surface area contributed by atoms with Gasteiger partial charge in [-0.05, 0) is 0 Å². The highest BCUT2D eigenvalue weighted by molar-refractivity contribution is 5.75. The van der Waals surface area contributed by atoms with Crippen LogP contribution >= 0.6 is 0 Å². The molecule has 0 spiro atoms. The number of rotatable bonds is 3. The Morgan fingerprint density at radius 1 is 1.00 bits per heavy atom. The van der Waals surface area contributed by atoms with E-state index >= 15 is 0 Å². The van der Waals surface area contributed by atoms with Gasteiger partial charge in [0.1, 0.15) is 6.26 Å². The third-order valence-electron chi connectivity index (χ3n) is 2.45. The summed E-state index contributed by atoms with van der Waals surface area (Å²) in [5, 5.41) is 3.27. The van der Waals surface area contributed by atoms with E-state index in [9.17, 15) is 26.7 Å². The number of hydrogen-bond donors (Lipinski definition) is 0. The van der Waals surface area contributed by atoms with Gasteiger partial charge in [-0.15, -0.1) is 0 Å². The van der Waals surface area contributed by atoms with Crippen LogP contribution in [0.4, 0.5) is 22.0 Å². The minimum absolute atomic E-state index is 0.135. The Balaban J connectivity index is 2.55. The van der Waals surface area contributed by atoms with Gasteiger partial charge in [-0.25, -0.2) is 22.0 Å². The largest absolute Gasteiger partial charge is 0.364 e. The quantitative estimate of drug-likeness (QED) is 0.375. The number of aromatic nitrogens is 1. The van der Waals surface area contributed by atoms with E-state index in [1.54, 1.807) is 0 Å². The molecule has 100 valence electrons. The van der Waals surface area contributed by atoms with Gasteiger partial charge in [0, 0.05) is 12.0 Å².